The van der Waals surface area contributed by atoms with Crippen LogP contribution in [-0.2, 0) is 4.79 Å². The van der Waals surface area contributed by atoms with Crippen LogP contribution in [0.25, 0.3) is 10.8 Å². The van der Waals surface area contributed by atoms with Crippen molar-refractivity contribution < 1.29 is 4.79 Å². The Kier molecular flexibility index (Phi) is 11.7. The van der Waals surface area contributed by atoms with E-state index < -0.39 is 0 Å². The molecule has 1 fully saturated rings. The lowest BCUT2D eigenvalue weighted by Gasteiger charge is -2.09. The standard InChI is InChI=1S/C11H18N2S.C10H8N2O.C4H8/c1-13(2)10-6-9-12-14-11-7-4-3-5-8-11;13-7-12-10-2-1-9-6-11-4-3-8(9)5-10;1-4-2-3-4/h3-5,7-8,12H,6,9-10H2,1-2H3;1-7H,(H,12,13);4H,2-3H2,1H3. The number of aromatic nitrogens is 1. The zero-order valence-electron chi connectivity index (χ0n) is 18.8. The molecule has 0 bridgehead atoms. The largest absolute Gasteiger partial charge is 0.329 e. The third kappa shape index (κ3) is 11.5. The molecule has 0 unspecified atom stereocenters. The van der Waals surface area contributed by atoms with E-state index in [1.54, 1.807) is 24.3 Å². The minimum absolute atomic E-state index is 0.669. The summed E-state index contributed by atoms with van der Waals surface area (Å²) in [7, 11) is 4.20. The molecule has 4 rings (SSSR count). The van der Waals surface area contributed by atoms with E-state index in [2.05, 4.69) is 65.2 Å². The van der Waals surface area contributed by atoms with Gasteiger partial charge in [0.05, 0.1) is 0 Å². The predicted molar refractivity (Wildman–Crippen MR) is 133 cm³/mol. The van der Waals surface area contributed by atoms with E-state index in [1.165, 1.54) is 24.2 Å². The second kappa shape index (κ2) is 14.6. The lowest BCUT2D eigenvalue weighted by Crippen LogP contribution is -2.17. The van der Waals surface area contributed by atoms with Crippen LogP contribution in [-0.4, -0.2) is 43.5 Å². The van der Waals surface area contributed by atoms with Crippen LogP contribution < -0.4 is 10.0 Å². The minimum Gasteiger partial charge on any atom is -0.329 e. The number of nitrogens with one attached hydrogen (secondary N) is 2. The summed E-state index contributed by atoms with van der Waals surface area (Å²) in [6.45, 7) is 4.47. The van der Waals surface area contributed by atoms with Crippen LogP contribution in [0.1, 0.15) is 26.2 Å². The smallest absolute Gasteiger partial charge is 0.211 e. The summed E-state index contributed by atoms with van der Waals surface area (Å²) in [5.74, 6) is 1.08. The van der Waals surface area contributed by atoms with Gasteiger partial charge in [-0.05, 0) is 80.6 Å². The summed E-state index contributed by atoms with van der Waals surface area (Å²) in [4.78, 5) is 17.7. The van der Waals surface area contributed by atoms with Gasteiger partial charge in [0.2, 0.25) is 6.41 Å². The number of nitrogens with zero attached hydrogens (tertiary/aromatic N) is 2. The molecule has 0 atom stereocenters. The molecule has 0 radical (unpaired) electrons. The van der Waals surface area contributed by atoms with Crippen molar-refractivity contribution in [2.75, 3.05) is 32.5 Å². The van der Waals surface area contributed by atoms with Crippen molar-refractivity contribution in [2.24, 2.45) is 5.92 Å². The van der Waals surface area contributed by atoms with Crippen LogP contribution in [0, 0.1) is 5.92 Å². The van der Waals surface area contributed by atoms with Crippen LogP contribution in [0.15, 0.2) is 71.9 Å². The summed E-state index contributed by atoms with van der Waals surface area (Å²) >= 11 is 1.70. The number of carbonyl (C=O) groups is 1. The second-order valence-corrected chi connectivity index (χ2v) is 8.81. The molecule has 0 aliphatic heterocycles. The van der Waals surface area contributed by atoms with Gasteiger partial charge in [0.25, 0.3) is 0 Å². The quantitative estimate of drug-likeness (QED) is 0.278. The van der Waals surface area contributed by atoms with Crippen molar-refractivity contribution in [3.63, 3.8) is 0 Å². The van der Waals surface area contributed by atoms with Crippen LogP contribution in [0.2, 0.25) is 0 Å². The van der Waals surface area contributed by atoms with E-state index >= 15 is 0 Å². The molecular formula is C25H34N4OS. The normalized spacial score (nSPS) is 12.4. The van der Waals surface area contributed by atoms with E-state index in [0.29, 0.717) is 6.41 Å². The fourth-order valence-corrected chi connectivity index (χ4v) is 3.20. The molecule has 31 heavy (non-hydrogen) atoms. The summed E-state index contributed by atoms with van der Waals surface area (Å²) in [5, 5.41) is 4.74. The number of hydrogen-bond donors (Lipinski definition) is 2. The summed E-state index contributed by atoms with van der Waals surface area (Å²) in [6.07, 6.45) is 8.35. The molecule has 2 N–H and O–H groups in total. The van der Waals surface area contributed by atoms with Crippen molar-refractivity contribution >= 4 is 34.8 Å². The fourth-order valence-electron chi connectivity index (χ4n) is 2.50. The lowest BCUT2D eigenvalue weighted by atomic mass is 10.1. The summed E-state index contributed by atoms with van der Waals surface area (Å²) in [6, 6.07) is 18.0. The Morgan fingerprint density at radius 1 is 1.10 bits per heavy atom. The third-order valence-electron chi connectivity index (χ3n) is 4.55. The minimum atomic E-state index is 0.669. The van der Waals surface area contributed by atoms with Gasteiger partial charge in [-0.15, -0.1) is 0 Å². The second-order valence-electron chi connectivity index (χ2n) is 7.85. The van der Waals surface area contributed by atoms with Gasteiger partial charge in [-0.1, -0.05) is 44.0 Å². The number of pyridine rings is 1. The molecule has 3 aromatic rings. The molecule has 1 aliphatic rings. The van der Waals surface area contributed by atoms with Crippen LogP contribution in [0.5, 0.6) is 0 Å². The Morgan fingerprint density at radius 2 is 1.84 bits per heavy atom. The van der Waals surface area contributed by atoms with E-state index in [0.717, 1.165) is 35.5 Å². The highest BCUT2D eigenvalue weighted by Gasteiger charge is 2.12. The van der Waals surface area contributed by atoms with E-state index in [1.807, 2.05) is 30.3 Å². The molecule has 1 aromatic heterocycles. The number of fused-ring (bicyclic) bond motifs is 1. The van der Waals surface area contributed by atoms with Crippen molar-refractivity contribution in [3.05, 3.63) is 67.0 Å². The Balaban J connectivity index is 0.000000187. The SMILES string of the molecule is CC1CC1.CN(C)CCCNSc1ccccc1.O=CNc1ccc2cnccc2c1. The molecule has 1 aliphatic carbocycles. The maximum absolute atomic E-state index is 10.2. The van der Waals surface area contributed by atoms with Gasteiger partial charge in [0.1, 0.15) is 0 Å². The van der Waals surface area contributed by atoms with Gasteiger partial charge in [0, 0.05) is 34.9 Å². The average Bonchev–Trinajstić information content (AvgIpc) is 3.57. The Labute approximate surface area is 190 Å². The van der Waals surface area contributed by atoms with Crippen molar-refractivity contribution in [2.45, 2.75) is 31.1 Å². The van der Waals surface area contributed by atoms with E-state index in [9.17, 15) is 4.79 Å². The monoisotopic (exact) mass is 438 g/mol. The Morgan fingerprint density at radius 3 is 2.48 bits per heavy atom. The zero-order valence-corrected chi connectivity index (χ0v) is 19.6. The molecular weight excluding hydrogens is 404 g/mol. The van der Waals surface area contributed by atoms with Gasteiger partial charge in [-0.25, -0.2) is 0 Å². The van der Waals surface area contributed by atoms with Crippen LogP contribution in [0.3, 0.4) is 0 Å². The van der Waals surface area contributed by atoms with Gasteiger partial charge >= 0.3 is 0 Å². The highest BCUT2D eigenvalue weighted by Crippen LogP contribution is 2.26. The zero-order chi connectivity index (χ0) is 22.3. The molecule has 0 saturated heterocycles. The first-order chi connectivity index (χ1) is 15.1. The average molecular weight is 439 g/mol. The number of amides is 1. The Hall–Kier alpha value is -2.41. The number of benzene rings is 2. The first-order valence-electron chi connectivity index (χ1n) is 10.7. The van der Waals surface area contributed by atoms with Crippen molar-refractivity contribution in [3.8, 4) is 0 Å². The lowest BCUT2D eigenvalue weighted by molar-refractivity contribution is -0.105. The molecule has 166 valence electrons. The van der Waals surface area contributed by atoms with Crippen LogP contribution >= 0.6 is 11.9 Å². The molecule has 1 heterocycles. The van der Waals surface area contributed by atoms with Crippen molar-refractivity contribution in [1.29, 1.82) is 0 Å². The summed E-state index contributed by atoms with van der Waals surface area (Å²) in [5.41, 5.74) is 0.800. The topological polar surface area (TPSA) is 57.3 Å². The Bertz CT molecular complexity index is 885. The number of carbonyl (C=O) groups excluding carboxylic acids is 1. The summed E-state index contributed by atoms with van der Waals surface area (Å²) < 4.78 is 3.35. The first-order valence-corrected chi connectivity index (χ1v) is 11.5. The van der Waals surface area contributed by atoms with Crippen molar-refractivity contribution in [1.82, 2.24) is 14.6 Å². The van der Waals surface area contributed by atoms with Gasteiger partial charge in [0.15, 0.2) is 0 Å². The molecule has 1 saturated carbocycles. The highest BCUT2D eigenvalue weighted by atomic mass is 32.2. The molecule has 1 amide bonds. The molecule has 0 spiro atoms. The predicted octanol–water partition coefficient (Wildman–Crippen LogP) is 5.45. The third-order valence-corrected chi connectivity index (χ3v) is 5.41. The number of anilines is 1. The van der Waals surface area contributed by atoms with Gasteiger partial charge in [-0.3, -0.25) is 14.5 Å². The maximum atomic E-state index is 10.2. The number of hydrogen-bond acceptors (Lipinski definition) is 5. The highest BCUT2D eigenvalue weighted by molar-refractivity contribution is 7.97. The van der Waals surface area contributed by atoms with Gasteiger partial charge in [-0.2, -0.15) is 0 Å². The fraction of sp³-hybridized carbons (Fsp3) is 0.360. The number of rotatable bonds is 8. The van der Waals surface area contributed by atoms with Gasteiger partial charge < -0.3 is 10.2 Å². The molecule has 5 nitrogen and oxygen atoms in total. The van der Waals surface area contributed by atoms with E-state index in [-0.39, 0.29) is 0 Å². The first kappa shape index (κ1) is 24.9. The maximum Gasteiger partial charge on any atom is 0.211 e. The molecule has 6 heteroatoms. The van der Waals surface area contributed by atoms with Crippen LogP contribution in [0.4, 0.5) is 5.69 Å². The van der Waals surface area contributed by atoms with E-state index in [4.69, 9.17) is 0 Å². The molecule has 2 aromatic carbocycles.